The van der Waals surface area contributed by atoms with Crippen molar-refractivity contribution >= 4 is 17.7 Å². The maximum atomic E-state index is 12.0. The highest BCUT2D eigenvalue weighted by atomic mass is 16.5. The Balaban J connectivity index is 2.42. The molecule has 4 N–H and O–H groups in total. The quantitative estimate of drug-likeness (QED) is 0.502. The van der Waals surface area contributed by atoms with Crippen LogP contribution in [0.25, 0.3) is 0 Å². The van der Waals surface area contributed by atoms with Gasteiger partial charge in [0.05, 0.1) is 18.6 Å². The lowest BCUT2D eigenvalue weighted by Crippen LogP contribution is -2.50. The molecule has 1 aromatic carbocycles. The Hall–Kier alpha value is -2.25. The molecule has 1 aromatic rings. The van der Waals surface area contributed by atoms with Gasteiger partial charge in [0.15, 0.2) is 5.78 Å². The second kappa shape index (κ2) is 11.3. The van der Waals surface area contributed by atoms with Gasteiger partial charge >= 0.3 is 5.97 Å². The third-order valence-electron chi connectivity index (χ3n) is 3.73. The Morgan fingerprint density at radius 3 is 2.44 bits per heavy atom. The monoisotopic (exact) mass is 349 g/mol. The summed E-state index contributed by atoms with van der Waals surface area (Å²) in [6, 6.07) is 8.07. The molecule has 7 nitrogen and oxygen atoms in total. The normalized spacial score (nSPS) is 12.9. The first kappa shape index (κ1) is 20.8. The molecule has 1 unspecified atom stereocenters. The molecule has 0 aliphatic rings. The van der Waals surface area contributed by atoms with E-state index in [1.807, 2.05) is 30.3 Å². The number of carbonyl (C=O) groups excluding carboxylic acids is 3. The van der Waals surface area contributed by atoms with Crippen molar-refractivity contribution in [1.29, 1.82) is 0 Å². The Bertz CT molecular complexity index is 563. The Kier molecular flexibility index (Phi) is 9.42. The van der Waals surface area contributed by atoms with E-state index < -0.39 is 18.1 Å². The average Bonchev–Trinajstić information content (AvgIpc) is 2.65. The number of Topliss-reactive ketones (excluding diaryl/α,β-unsaturated/α-hetero) is 1. The summed E-state index contributed by atoms with van der Waals surface area (Å²) >= 11 is 0. The first-order valence-corrected chi connectivity index (χ1v) is 8.46. The lowest BCUT2D eigenvalue weighted by molar-refractivity contribution is -0.144. The predicted octanol–water partition coefficient (Wildman–Crippen LogP) is 0.521. The largest absolute Gasteiger partial charge is 0.460 e. The van der Waals surface area contributed by atoms with E-state index in [1.165, 1.54) is 0 Å². The van der Waals surface area contributed by atoms with Crippen molar-refractivity contribution in [3.63, 3.8) is 0 Å². The minimum Gasteiger partial charge on any atom is -0.460 e. The van der Waals surface area contributed by atoms with Gasteiger partial charge in [-0.25, -0.2) is 0 Å². The maximum absolute atomic E-state index is 12.0. The van der Waals surface area contributed by atoms with Crippen LogP contribution in [0.3, 0.4) is 0 Å². The molecule has 0 aromatic heterocycles. The molecule has 1 rings (SSSR count). The van der Waals surface area contributed by atoms with Crippen LogP contribution in [-0.4, -0.2) is 42.8 Å². The molecular weight excluding hydrogens is 322 g/mol. The van der Waals surface area contributed by atoms with Crippen molar-refractivity contribution < 1.29 is 19.1 Å². The molecule has 0 bridgehead atoms. The van der Waals surface area contributed by atoms with E-state index in [2.05, 4.69) is 10.6 Å². The number of nitrogens with one attached hydrogen (secondary N) is 2. The van der Waals surface area contributed by atoms with Crippen LogP contribution in [0.2, 0.25) is 0 Å². The van der Waals surface area contributed by atoms with Gasteiger partial charge in [0, 0.05) is 13.0 Å². The van der Waals surface area contributed by atoms with E-state index in [4.69, 9.17) is 10.5 Å². The molecule has 0 saturated heterocycles. The SMILES string of the molecule is CCC(=O)[C@H](CNC(=O)C(N)CC)NCC(=O)OCc1ccccc1. The summed E-state index contributed by atoms with van der Waals surface area (Å²) in [5, 5.41) is 5.47. The topological polar surface area (TPSA) is 111 Å². The van der Waals surface area contributed by atoms with Gasteiger partial charge < -0.3 is 15.8 Å². The van der Waals surface area contributed by atoms with E-state index in [9.17, 15) is 14.4 Å². The summed E-state index contributed by atoms with van der Waals surface area (Å²) < 4.78 is 5.15. The average molecular weight is 349 g/mol. The summed E-state index contributed by atoms with van der Waals surface area (Å²) in [7, 11) is 0. The molecule has 138 valence electrons. The van der Waals surface area contributed by atoms with Gasteiger partial charge in [-0.15, -0.1) is 0 Å². The van der Waals surface area contributed by atoms with Crippen LogP contribution in [0.15, 0.2) is 30.3 Å². The molecule has 0 aliphatic carbocycles. The van der Waals surface area contributed by atoms with Gasteiger partial charge in [0.2, 0.25) is 5.91 Å². The Morgan fingerprint density at radius 2 is 1.84 bits per heavy atom. The van der Waals surface area contributed by atoms with Crippen LogP contribution in [-0.2, 0) is 25.7 Å². The van der Waals surface area contributed by atoms with Gasteiger partial charge in [-0.3, -0.25) is 19.7 Å². The Labute approximate surface area is 148 Å². The smallest absolute Gasteiger partial charge is 0.320 e. The fourth-order valence-electron chi connectivity index (χ4n) is 2.06. The zero-order chi connectivity index (χ0) is 18.7. The summed E-state index contributed by atoms with van der Waals surface area (Å²) in [6.45, 7) is 3.68. The summed E-state index contributed by atoms with van der Waals surface area (Å²) in [5.74, 6) is -0.875. The van der Waals surface area contributed by atoms with Crippen LogP contribution in [0, 0.1) is 0 Å². The Morgan fingerprint density at radius 1 is 1.16 bits per heavy atom. The molecular formula is C18H27N3O4. The number of carbonyl (C=O) groups is 3. The molecule has 0 aliphatic heterocycles. The van der Waals surface area contributed by atoms with E-state index in [1.54, 1.807) is 13.8 Å². The lowest BCUT2D eigenvalue weighted by Gasteiger charge is -2.18. The molecule has 0 spiro atoms. The van der Waals surface area contributed by atoms with Gasteiger partial charge in [-0.05, 0) is 12.0 Å². The molecule has 0 heterocycles. The standard InChI is InChI=1S/C18H27N3O4/c1-3-14(19)18(24)21-10-15(16(22)4-2)20-11-17(23)25-12-13-8-6-5-7-9-13/h5-9,14-15,20H,3-4,10-12,19H2,1-2H3,(H,21,24)/t14?,15-/m0/s1. The summed E-state index contributed by atoms with van der Waals surface area (Å²) in [5.41, 5.74) is 6.52. The first-order chi connectivity index (χ1) is 12.0. The third-order valence-corrected chi connectivity index (χ3v) is 3.73. The number of nitrogens with two attached hydrogens (primary N) is 1. The molecule has 0 radical (unpaired) electrons. The molecule has 7 heteroatoms. The lowest BCUT2D eigenvalue weighted by atomic mass is 10.1. The van der Waals surface area contributed by atoms with Crippen molar-refractivity contribution in [3.8, 4) is 0 Å². The number of benzene rings is 1. The van der Waals surface area contributed by atoms with Crippen LogP contribution in [0.4, 0.5) is 0 Å². The number of rotatable bonds is 11. The highest BCUT2D eigenvalue weighted by Crippen LogP contribution is 2.00. The molecule has 0 saturated carbocycles. The van der Waals surface area contributed by atoms with Crippen molar-refractivity contribution in [2.45, 2.75) is 45.4 Å². The number of hydrogen-bond donors (Lipinski definition) is 3. The van der Waals surface area contributed by atoms with E-state index in [-0.39, 0.29) is 31.4 Å². The van der Waals surface area contributed by atoms with Crippen molar-refractivity contribution in [2.24, 2.45) is 5.73 Å². The second-order valence-corrected chi connectivity index (χ2v) is 5.66. The van der Waals surface area contributed by atoms with E-state index in [0.29, 0.717) is 12.8 Å². The minimum absolute atomic E-state index is 0.0885. The maximum Gasteiger partial charge on any atom is 0.320 e. The number of esters is 1. The number of amides is 1. The number of hydrogen-bond acceptors (Lipinski definition) is 6. The third kappa shape index (κ3) is 7.91. The second-order valence-electron chi connectivity index (χ2n) is 5.66. The van der Waals surface area contributed by atoms with Crippen molar-refractivity contribution in [1.82, 2.24) is 10.6 Å². The first-order valence-electron chi connectivity index (χ1n) is 8.46. The van der Waals surface area contributed by atoms with Gasteiger partial charge in [0.25, 0.3) is 0 Å². The van der Waals surface area contributed by atoms with Crippen LogP contribution >= 0.6 is 0 Å². The van der Waals surface area contributed by atoms with Crippen LogP contribution in [0.1, 0.15) is 32.3 Å². The number of ketones is 1. The zero-order valence-corrected chi connectivity index (χ0v) is 14.8. The van der Waals surface area contributed by atoms with E-state index in [0.717, 1.165) is 5.56 Å². The fourth-order valence-corrected chi connectivity index (χ4v) is 2.06. The fraction of sp³-hybridized carbons (Fsp3) is 0.500. The summed E-state index contributed by atoms with van der Waals surface area (Å²) in [4.78, 5) is 35.5. The number of ether oxygens (including phenoxy) is 1. The van der Waals surface area contributed by atoms with Crippen molar-refractivity contribution in [2.75, 3.05) is 13.1 Å². The predicted molar refractivity (Wildman–Crippen MR) is 94.6 cm³/mol. The van der Waals surface area contributed by atoms with Crippen LogP contribution in [0.5, 0.6) is 0 Å². The molecule has 1 amide bonds. The molecule has 0 fully saturated rings. The molecule has 2 atom stereocenters. The van der Waals surface area contributed by atoms with Crippen LogP contribution < -0.4 is 16.4 Å². The van der Waals surface area contributed by atoms with Gasteiger partial charge in [-0.2, -0.15) is 0 Å². The van der Waals surface area contributed by atoms with E-state index >= 15 is 0 Å². The zero-order valence-electron chi connectivity index (χ0n) is 14.8. The van der Waals surface area contributed by atoms with Crippen molar-refractivity contribution in [3.05, 3.63) is 35.9 Å². The highest BCUT2D eigenvalue weighted by Gasteiger charge is 2.20. The minimum atomic E-state index is -0.651. The highest BCUT2D eigenvalue weighted by molar-refractivity contribution is 5.86. The summed E-state index contributed by atoms with van der Waals surface area (Å²) in [6.07, 6.45) is 0.809. The molecule has 25 heavy (non-hydrogen) atoms. The van der Waals surface area contributed by atoms with Gasteiger partial charge in [-0.1, -0.05) is 44.2 Å². The van der Waals surface area contributed by atoms with Gasteiger partial charge in [0.1, 0.15) is 6.61 Å².